The van der Waals surface area contributed by atoms with Crippen LogP contribution < -0.4 is 9.47 Å². The zero-order chi connectivity index (χ0) is 27.2. The molecule has 0 aromatic heterocycles. The number of aliphatic imine (C=N–C) groups is 1. The van der Waals surface area contributed by atoms with Crippen molar-refractivity contribution in [1.29, 1.82) is 0 Å². The molecule has 2 aliphatic rings. The third kappa shape index (κ3) is 5.83. The average molecular weight is 536 g/mol. The number of thioether (sulfide) groups is 1. The minimum Gasteiger partial charge on any atom is -0.493 e. The predicted molar refractivity (Wildman–Crippen MR) is 153 cm³/mol. The maximum absolute atomic E-state index is 13.9. The lowest BCUT2D eigenvalue weighted by Crippen LogP contribution is -2.41. The maximum Gasteiger partial charge on any atom is 0.336 e. The van der Waals surface area contributed by atoms with E-state index in [4.69, 9.17) is 19.2 Å². The normalized spacial score (nSPS) is 21.0. The smallest absolute Gasteiger partial charge is 0.336 e. The van der Waals surface area contributed by atoms with Gasteiger partial charge in [-0.3, -0.25) is 9.79 Å². The number of carbonyl (C=O) groups is 2. The highest BCUT2D eigenvalue weighted by molar-refractivity contribution is 7.99. The van der Waals surface area contributed by atoms with Crippen LogP contribution in [0.5, 0.6) is 11.5 Å². The lowest BCUT2D eigenvalue weighted by Gasteiger charge is -2.38. The van der Waals surface area contributed by atoms with Crippen LogP contribution in [0.1, 0.15) is 62.1 Å². The van der Waals surface area contributed by atoms with Gasteiger partial charge in [0.25, 0.3) is 0 Å². The Labute approximate surface area is 229 Å². The summed E-state index contributed by atoms with van der Waals surface area (Å²) in [6.07, 6.45) is 1.94. The second kappa shape index (κ2) is 12.7. The Morgan fingerprint density at radius 2 is 1.68 bits per heavy atom. The van der Waals surface area contributed by atoms with E-state index in [9.17, 15) is 9.59 Å². The SMILES string of the molecule is CCSCCOC(=O)C1=C(C)N=C2C[C@H](c3ccc(OC)c(OC)c3)CC(=O)C2[C@H]1c1ccc(CC)cc1. The number of hydrogen-bond donors (Lipinski definition) is 0. The first-order chi connectivity index (χ1) is 18.4. The molecule has 1 heterocycles. The van der Waals surface area contributed by atoms with Gasteiger partial charge in [0.2, 0.25) is 0 Å². The number of carbonyl (C=O) groups excluding carboxylic acids is 2. The molecule has 0 N–H and O–H groups in total. The molecule has 0 radical (unpaired) electrons. The van der Waals surface area contributed by atoms with Crippen LogP contribution in [0.15, 0.2) is 58.7 Å². The van der Waals surface area contributed by atoms with Gasteiger partial charge < -0.3 is 14.2 Å². The highest BCUT2D eigenvalue weighted by Gasteiger charge is 2.46. The Balaban J connectivity index is 1.71. The van der Waals surface area contributed by atoms with Gasteiger partial charge in [0, 0.05) is 29.5 Å². The Hall–Kier alpha value is -3.06. The molecule has 2 aromatic carbocycles. The van der Waals surface area contributed by atoms with E-state index in [0.29, 0.717) is 42.2 Å². The molecule has 38 heavy (non-hydrogen) atoms. The number of benzene rings is 2. The Morgan fingerprint density at radius 1 is 0.974 bits per heavy atom. The third-order valence-electron chi connectivity index (χ3n) is 7.47. The second-order valence-electron chi connectivity index (χ2n) is 9.67. The largest absolute Gasteiger partial charge is 0.493 e. The minimum absolute atomic E-state index is 0.0206. The molecule has 3 atom stereocenters. The summed E-state index contributed by atoms with van der Waals surface area (Å²) >= 11 is 1.73. The summed E-state index contributed by atoms with van der Waals surface area (Å²) in [6, 6.07) is 14.1. The first-order valence-corrected chi connectivity index (χ1v) is 14.4. The second-order valence-corrected chi connectivity index (χ2v) is 11.1. The average Bonchev–Trinajstić information content (AvgIpc) is 2.94. The van der Waals surface area contributed by atoms with Crippen molar-refractivity contribution in [3.8, 4) is 11.5 Å². The van der Waals surface area contributed by atoms with Gasteiger partial charge in [0.05, 0.1) is 25.7 Å². The standard InChI is InChI=1S/C31H37NO5S/c1-6-20-8-10-21(11-9-20)29-28(31(34)37-14-15-38-7-2)19(3)32-24-16-23(17-25(33)30(24)29)22-12-13-26(35-4)27(18-22)36-5/h8-13,18,23,29-30H,6-7,14-17H2,1-5H3/t23-,29-,30?/m0/s1. The summed E-state index contributed by atoms with van der Waals surface area (Å²) in [5.41, 5.74) is 5.15. The molecule has 202 valence electrons. The van der Waals surface area contributed by atoms with Crippen LogP contribution >= 0.6 is 11.8 Å². The van der Waals surface area contributed by atoms with Crippen LogP contribution in [0.3, 0.4) is 0 Å². The molecular weight excluding hydrogens is 498 g/mol. The fourth-order valence-electron chi connectivity index (χ4n) is 5.52. The van der Waals surface area contributed by atoms with E-state index in [1.807, 2.05) is 37.3 Å². The van der Waals surface area contributed by atoms with Gasteiger partial charge in [0.15, 0.2) is 11.5 Å². The van der Waals surface area contributed by atoms with Crippen LogP contribution in [-0.2, 0) is 20.7 Å². The lowest BCUT2D eigenvalue weighted by molar-refractivity contribution is -0.139. The van der Waals surface area contributed by atoms with Crippen LogP contribution in [0.2, 0.25) is 0 Å². The summed E-state index contributed by atoms with van der Waals surface area (Å²) in [5.74, 6) is 1.83. The molecule has 7 heteroatoms. The van der Waals surface area contributed by atoms with E-state index in [2.05, 4.69) is 26.0 Å². The van der Waals surface area contributed by atoms with Crippen molar-refractivity contribution in [3.05, 3.63) is 70.4 Å². The number of methoxy groups -OCH3 is 2. The first kappa shape index (κ1) is 28.0. The van der Waals surface area contributed by atoms with Crippen LogP contribution in [0.4, 0.5) is 0 Å². The van der Waals surface area contributed by atoms with Gasteiger partial charge >= 0.3 is 5.97 Å². The number of rotatable bonds is 10. The monoisotopic (exact) mass is 535 g/mol. The van der Waals surface area contributed by atoms with Crippen molar-refractivity contribution in [2.45, 2.75) is 51.9 Å². The molecule has 0 saturated heterocycles. The van der Waals surface area contributed by atoms with Gasteiger partial charge in [-0.2, -0.15) is 11.8 Å². The number of fused-ring (bicyclic) bond motifs is 1. The Morgan fingerprint density at radius 3 is 2.34 bits per heavy atom. The molecule has 0 spiro atoms. The number of aryl methyl sites for hydroxylation is 1. The number of nitrogens with zero attached hydrogens (tertiary/aromatic N) is 1. The van der Waals surface area contributed by atoms with Gasteiger partial charge in [-0.25, -0.2) is 4.79 Å². The number of Topliss-reactive ketones (excluding diaryl/α,β-unsaturated/α-hetero) is 1. The first-order valence-electron chi connectivity index (χ1n) is 13.3. The van der Waals surface area contributed by atoms with Crippen molar-refractivity contribution < 1.29 is 23.8 Å². The maximum atomic E-state index is 13.9. The third-order valence-corrected chi connectivity index (χ3v) is 8.33. The summed E-state index contributed by atoms with van der Waals surface area (Å²) in [5, 5.41) is 0. The molecular formula is C31H37NO5S. The van der Waals surface area contributed by atoms with Crippen molar-refractivity contribution in [2.75, 3.05) is 32.3 Å². The molecule has 0 bridgehead atoms. The number of hydrogen-bond acceptors (Lipinski definition) is 7. The van der Waals surface area contributed by atoms with Crippen LogP contribution in [-0.4, -0.2) is 49.8 Å². The number of ether oxygens (including phenoxy) is 3. The van der Waals surface area contributed by atoms with Crippen molar-refractivity contribution in [3.63, 3.8) is 0 Å². The number of esters is 1. The summed E-state index contributed by atoms with van der Waals surface area (Å²) in [6.45, 7) is 6.39. The lowest BCUT2D eigenvalue weighted by atomic mass is 9.66. The Kier molecular flexibility index (Phi) is 9.31. The molecule has 4 rings (SSSR count). The van der Waals surface area contributed by atoms with Gasteiger partial charge in [-0.05, 0) is 60.3 Å². The molecule has 1 saturated carbocycles. The number of ketones is 1. The van der Waals surface area contributed by atoms with Crippen LogP contribution in [0, 0.1) is 5.92 Å². The Bertz CT molecular complexity index is 1230. The molecule has 1 aliphatic heterocycles. The fourth-order valence-corrected chi connectivity index (χ4v) is 6.01. The quantitative estimate of drug-likeness (QED) is 0.269. The predicted octanol–water partition coefficient (Wildman–Crippen LogP) is 6.14. The van der Waals surface area contributed by atoms with E-state index >= 15 is 0 Å². The zero-order valence-electron chi connectivity index (χ0n) is 22.9. The van der Waals surface area contributed by atoms with Gasteiger partial charge in [0.1, 0.15) is 12.4 Å². The molecule has 0 amide bonds. The minimum atomic E-state index is -0.477. The fraction of sp³-hybridized carbons (Fsp3) is 0.452. The molecule has 1 aliphatic carbocycles. The van der Waals surface area contributed by atoms with Gasteiger partial charge in [-0.15, -0.1) is 0 Å². The molecule has 6 nitrogen and oxygen atoms in total. The van der Waals surface area contributed by atoms with E-state index in [0.717, 1.165) is 34.8 Å². The molecule has 2 aromatic rings. The van der Waals surface area contributed by atoms with Crippen molar-refractivity contribution in [1.82, 2.24) is 0 Å². The van der Waals surface area contributed by atoms with E-state index in [1.54, 1.807) is 26.0 Å². The van der Waals surface area contributed by atoms with E-state index < -0.39 is 11.8 Å². The van der Waals surface area contributed by atoms with Gasteiger partial charge in [-0.1, -0.05) is 44.2 Å². The molecule has 1 fully saturated rings. The number of allylic oxidation sites excluding steroid dienone is 1. The van der Waals surface area contributed by atoms with Crippen LogP contribution in [0.25, 0.3) is 0 Å². The summed E-state index contributed by atoms with van der Waals surface area (Å²) in [4.78, 5) is 32.1. The summed E-state index contributed by atoms with van der Waals surface area (Å²) in [7, 11) is 3.22. The highest BCUT2D eigenvalue weighted by Crippen LogP contribution is 2.46. The zero-order valence-corrected chi connectivity index (χ0v) is 23.7. The van der Waals surface area contributed by atoms with Crippen molar-refractivity contribution in [2.24, 2.45) is 10.9 Å². The highest BCUT2D eigenvalue weighted by atomic mass is 32.2. The summed E-state index contributed by atoms with van der Waals surface area (Å²) < 4.78 is 16.6. The molecule has 1 unspecified atom stereocenters. The van der Waals surface area contributed by atoms with Crippen molar-refractivity contribution >= 4 is 29.2 Å². The van der Waals surface area contributed by atoms with E-state index in [-0.39, 0.29) is 17.7 Å². The van der Waals surface area contributed by atoms with E-state index in [1.165, 1.54) is 5.56 Å². The topological polar surface area (TPSA) is 74.2 Å².